The van der Waals surface area contributed by atoms with Gasteiger partial charge in [0, 0.05) is 11.3 Å². The molecule has 2 rings (SSSR count). The minimum atomic E-state index is -3.81. The van der Waals surface area contributed by atoms with Crippen LogP contribution in [0.15, 0.2) is 42.5 Å². The van der Waals surface area contributed by atoms with Crippen molar-refractivity contribution in [2.75, 3.05) is 23.0 Å². The highest BCUT2D eigenvalue weighted by Gasteiger charge is 2.32. The fourth-order valence-electron chi connectivity index (χ4n) is 2.89. The van der Waals surface area contributed by atoms with Crippen molar-refractivity contribution in [2.45, 2.75) is 26.3 Å². The SMILES string of the molecule is CC[C@H](C(=O)Nc1cccc(C(C)=O)c1)N(c1ccc(OC)c(Cl)c1)S(C)(=O)=O. The van der Waals surface area contributed by atoms with Crippen molar-refractivity contribution in [3.63, 3.8) is 0 Å². The van der Waals surface area contributed by atoms with Gasteiger partial charge in [0.25, 0.3) is 0 Å². The highest BCUT2D eigenvalue weighted by Crippen LogP contribution is 2.32. The number of carbonyl (C=O) groups excluding carboxylic acids is 2. The van der Waals surface area contributed by atoms with Crippen LogP contribution in [-0.4, -0.2) is 39.5 Å². The Hall–Kier alpha value is -2.58. The molecule has 0 fully saturated rings. The average Bonchev–Trinajstić information content (AvgIpc) is 2.65. The Labute approximate surface area is 175 Å². The molecule has 9 heteroatoms. The van der Waals surface area contributed by atoms with E-state index in [0.717, 1.165) is 10.6 Å². The number of anilines is 2. The minimum absolute atomic E-state index is 0.140. The van der Waals surface area contributed by atoms with E-state index in [1.165, 1.54) is 32.2 Å². The number of benzene rings is 2. The summed E-state index contributed by atoms with van der Waals surface area (Å²) in [6.07, 6.45) is 1.24. The second kappa shape index (κ2) is 9.28. The van der Waals surface area contributed by atoms with Crippen molar-refractivity contribution in [3.8, 4) is 5.75 Å². The summed E-state index contributed by atoms with van der Waals surface area (Å²) >= 11 is 6.15. The van der Waals surface area contributed by atoms with Crippen LogP contribution in [0, 0.1) is 0 Å². The highest BCUT2D eigenvalue weighted by molar-refractivity contribution is 7.92. The standard InChI is InChI=1S/C20H23ClN2O5S/c1-5-18(20(25)22-15-8-6-7-14(11-15)13(2)24)23(29(4,26)27)16-9-10-19(28-3)17(21)12-16/h6-12,18H,5H2,1-4H3,(H,22,25)/t18-/m1/s1. The van der Waals surface area contributed by atoms with E-state index >= 15 is 0 Å². The molecule has 1 N–H and O–H groups in total. The predicted molar refractivity (Wildman–Crippen MR) is 114 cm³/mol. The molecule has 29 heavy (non-hydrogen) atoms. The second-order valence-electron chi connectivity index (χ2n) is 6.43. The van der Waals surface area contributed by atoms with Gasteiger partial charge >= 0.3 is 0 Å². The van der Waals surface area contributed by atoms with Crippen LogP contribution >= 0.6 is 11.6 Å². The third-order valence-electron chi connectivity index (χ3n) is 4.26. The molecule has 0 spiro atoms. The third-order valence-corrected chi connectivity index (χ3v) is 5.73. The van der Waals surface area contributed by atoms with E-state index in [1.807, 2.05) is 0 Å². The van der Waals surface area contributed by atoms with Crippen molar-refractivity contribution in [2.24, 2.45) is 0 Å². The van der Waals surface area contributed by atoms with Gasteiger partial charge in [0.1, 0.15) is 11.8 Å². The normalized spacial score (nSPS) is 12.2. The van der Waals surface area contributed by atoms with Gasteiger partial charge in [-0.25, -0.2) is 8.42 Å². The first kappa shape index (κ1) is 22.7. The molecule has 0 saturated carbocycles. The first-order chi connectivity index (χ1) is 13.6. The number of sulfonamides is 1. The lowest BCUT2D eigenvalue weighted by molar-refractivity contribution is -0.117. The summed E-state index contributed by atoms with van der Waals surface area (Å²) in [5.41, 5.74) is 1.10. The number of halogens is 1. The number of ketones is 1. The van der Waals surface area contributed by atoms with Gasteiger partial charge in [0.2, 0.25) is 15.9 Å². The van der Waals surface area contributed by atoms with Crippen LogP contribution < -0.4 is 14.4 Å². The molecule has 0 bridgehead atoms. The summed E-state index contributed by atoms with van der Waals surface area (Å²) in [5.74, 6) is -0.272. The molecule has 0 saturated heterocycles. The number of methoxy groups -OCH3 is 1. The summed E-state index contributed by atoms with van der Waals surface area (Å²) in [6.45, 7) is 3.13. The Morgan fingerprint density at radius 2 is 1.90 bits per heavy atom. The van der Waals surface area contributed by atoms with Gasteiger partial charge in [0.15, 0.2) is 5.78 Å². The molecule has 7 nitrogen and oxygen atoms in total. The Bertz CT molecular complexity index is 1020. The van der Waals surface area contributed by atoms with Gasteiger partial charge in [0.05, 0.1) is 24.1 Å². The Morgan fingerprint density at radius 1 is 1.21 bits per heavy atom. The quantitative estimate of drug-likeness (QED) is 0.634. The number of nitrogens with one attached hydrogen (secondary N) is 1. The molecule has 156 valence electrons. The lowest BCUT2D eigenvalue weighted by Gasteiger charge is -2.30. The van der Waals surface area contributed by atoms with Crippen LogP contribution in [0.25, 0.3) is 0 Å². The zero-order valence-electron chi connectivity index (χ0n) is 16.6. The number of amides is 1. The van der Waals surface area contributed by atoms with Crippen LogP contribution in [-0.2, 0) is 14.8 Å². The number of ether oxygens (including phenoxy) is 1. The van der Waals surface area contributed by atoms with E-state index in [1.54, 1.807) is 31.2 Å². The fourth-order valence-corrected chi connectivity index (χ4v) is 4.35. The molecule has 1 amide bonds. The topological polar surface area (TPSA) is 92.8 Å². The maximum atomic E-state index is 12.9. The summed E-state index contributed by atoms with van der Waals surface area (Å²) in [4.78, 5) is 24.5. The number of hydrogen-bond donors (Lipinski definition) is 1. The molecular formula is C20H23ClN2O5S. The molecule has 2 aromatic rings. The van der Waals surface area contributed by atoms with Crippen LogP contribution in [0.4, 0.5) is 11.4 Å². The number of carbonyl (C=O) groups is 2. The van der Waals surface area contributed by atoms with Crippen LogP contribution in [0.3, 0.4) is 0 Å². The van der Waals surface area contributed by atoms with Gasteiger partial charge in [-0.15, -0.1) is 0 Å². The van der Waals surface area contributed by atoms with Crippen LogP contribution in [0.1, 0.15) is 30.6 Å². The van der Waals surface area contributed by atoms with E-state index < -0.39 is 22.0 Å². The zero-order chi connectivity index (χ0) is 21.8. The Morgan fingerprint density at radius 3 is 2.41 bits per heavy atom. The number of Topliss-reactive ketones (excluding diaryl/α,β-unsaturated/α-hetero) is 1. The van der Waals surface area contributed by atoms with Crippen molar-refractivity contribution in [3.05, 3.63) is 53.1 Å². The van der Waals surface area contributed by atoms with Gasteiger partial charge in [-0.1, -0.05) is 30.7 Å². The zero-order valence-corrected chi connectivity index (χ0v) is 18.2. The van der Waals surface area contributed by atoms with Crippen molar-refractivity contribution in [1.29, 1.82) is 0 Å². The molecule has 0 aromatic heterocycles. The molecule has 1 atom stereocenters. The Balaban J connectivity index is 2.41. The maximum Gasteiger partial charge on any atom is 0.248 e. The molecule has 2 aromatic carbocycles. The summed E-state index contributed by atoms with van der Waals surface area (Å²) in [5, 5.41) is 2.92. The second-order valence-corrected chi connectivity index (χ2v) is 8.69. The summed E-state index contributed by atoms with van der Waals surface area (Å²) < 4.78 is 31.2. The first-order valence-corrected chi connectivity index (χ1v) is 11.1. The van der Waals surface area contributed by atoms with Gasteiger partial charge in [-0.2, -0.15) is 0 Å². The molecule has 0 aliphatic carbocycles. The van der Waals surface area contributed by atoms with Crippen molar-refractivity contribution < 1.29 is 22.7 Å². The van der Waals surface area contributed by atoms with E-state index in [9.17, 15) is 18.0 Å². The summed E-state index contributed by atoms with van der Waals surface area (Å²) in [7, 11) is -2.35. The average molecular weight is 439 g/mol. The smallest absolute Gasteiger partial charge is 0.248 e. The van der Waals surface area contributed by atoms with Gasteiger partial charge in [-0.05, 0) is 43.7 Å². The van der Waals surface area contributed by atoms with E-state index in [-0.39, 0.29) is 22.9 Å². The Kier molecular flexibility index (Phi) is 7.26. The molecule has 0 heterocycles. The van der Waals surface area contributed by atoms with Gasteiger partial charge < -0.3 is 10.1 Å². The largest absolute Gasteiger partial charge is 0.495 e. The summed E-state index contributed by atoms with van der Waals surface area (Å²) in [6, 6.07) is 9.94. The van der Waals surface area contributed by atoms with E-state index in [4.69, 9.17) is 16.3 Å². The lowest BCUT2D eigenvalue weighted by atomic mass is 10.1. The maximum absolute atomic E-state index is 12.9. The van der Waals surface area contributed by atoms with E-state index in [2.05, 4.69) is 5.32 Å². The van der Waals surface area contributed by atoms with Crippen LogP contribution in [0.2, 0.25) is 5.02 Å². The number of hydrogen-bond acceptors (Lipinski definition) is 5. The van der Waals surface area contributed by atoms with Crippen molar-refractivity contribution >= 4 is 44.7 Å². The van der Waals surface area contributed by atoms with E-state index in [0.29, 0.717) is 17.0 Å². The number of rotatable bonds is 8. The van der Waals surface area contributed by atoms with Crippen LogP contribution in [0.5, 0.6) is 5.75 Å². The molecule has 0 aliphatic heterocycles. The fraction of sp³-hybridized carbons (Fsp3) is 0.300. The van der Waals surface area contributed by atoms with Gasteiger partial charge in [-0.3, -0.25) is 13.9 Å². The first-order valence-electron chi connectivity index (χ1n) is 8.83. The third kappa shape index (κ3) is 5.48. The monoisotopic (exact) mass is 438 g/mol. The number of nitrogens with zero attached hydrogens (tertiary/aromatic N) is 1. The molecule has 0 radical (unpaired) electrons. The highest BCUT2D eigenvalue weighted by atomic mass is 35.5. The molecule has 0 unspecified atom stereocenters. The minimum Gasteiger partial charge on any atom is -0.495 e. The molecular weight excluding hydrogens is 416 g/mol. The predicted octanol–water partition coefficient (Wildman–Crippen LogP) is 3.73. The van der Waals surface area contributed by atoms with Crippen molar-refractivity contribution in [1.82, 2.24) is 0 Å². The lowest BCUT2D eigenvalue weighted by Crippen LogP contribution is -2.47. The molecule has 0 aliphatic rings.